The lowest BCUT2D eigenvalue weighted by molar-refractivity contribution is -0.115. The number of carbonyl (C=O) groups excluding carboxylic acids is 1. The summed E-state index contributed by atoms with van der Waals surface area (Å²) >= 11 is 5.86. The molecule has 0 bridgehead atoms. The fraction of sp³-hybridized carbons (Fsp3) is 0.118. The van der Waals surface area contributed by atoms with Crippen LogP contribution >= 0.6 is 11.6 Å². The van der Waals surface area contributed by atoms with Gasteiger partial charge in [-0.1, -0.05) is 35.0 Å². The Morgan fingerprint density at radius 3 is 2.88 bits per heavy atom. The molecule has 1 aromatic heterocycles. The lowest BCUT2D eigenvalue weighted by atomic mass is 10.3. The first-order valence-electron chi connectivity index (χ1n) is 7.34. The molecule has 0 unspecified atom stereocenters. The Hall–Kier alpha value is -2.93. The maximum Gasteiger partial charge on any atom is 0.264 e. The van der Waals surface area contributed by atoms with Crippen LogP contribution in [0, 0.1) is 5.82 Å². The lowest BCUT2D eigenvalue weighted by Gasteiger charge is -2.04. The molecule has 0 spiro atoms. The van der Waals surface area contributed by atoms with Crippen molar-refractivity contribution in [3.05, 3.63) is 71.1 Å². The first-order valence-corrected chi connectivity index (χ1v) is 7.72. The number of rotatable bonds is 6. The summed E-state index contributed by atoms with van der Waals surface area (Å²) in [5, 5.41) is 6.70. The first kappa shape index (κ1) is 16.9. The van der Waals surface area contributed by atoms with Crippen LogP contribution in [0.5, 0.6) is 5.75 Å². The molecular formula is C17H13ClFN3O3. The zero-order valence-electron chi connectivity index (χ0n) is 12.9. The van der Waals surface area contributed by atoms with Crippen molar-refractivity contribution < 1.29 is 18.4 Å². The Balaban J connectivity index is 1.54. The summed E-state index contributed by atoms with van der Waals surface area (Å²) in [5.41, 5.74) is 0.0977. The van der Waals surface area contributed by atoms with Gasteiger partial charge in [-0.2, -0.15) is 4.98 Å². The number of anilines is 1. The van der Waals surface area contributed by atoms with Gasteiger partial charge in [-0.25, -0.2) is 4.39 Å². The standard InChI is InChI=1S/C17H13ClFN3O3/c18-11-4-3-5-12(8-11)24-10-17-21-15(22-25-17)9-16(23)20-14-7-2-1-6-13(14)19/h1-8H,9-10H2,(H,20,23). The second kappa shape index (κ2) is 7.76. The van der Waals surface area contributed by atoms with E-state index in [9.17, 15) is 9.18 Å². The molecule has 6 nitrogen and oxygen atoms in total. The molecule has 0 fully saturated rings. The molecule has 1 amide bonds. The van der Waals surface area contributed by atoms with Crippen molar-refractivity contribution in [2.24, 2.45) is 0 Å². The van der Waals surface area contributed by atoms with E-state index in [1.807, 2.05) is 0 Å². The largest absolute Gasteiger partial charge is 0.484 e. The third-order valence-electron chi connectivity index (χ3n) is 3.14. The third kappa shape index (κ3) is 4.77. The number of carbonyl (C=O) groups is 1. The maximum atomic E-state index is 13.5. The van der Waals surface area contributed by atoms with Crippen molar-refractivity contribution in [2.45, 2.75) is 13.0 Å². The second-order valence-corrected chi connectivity index (χ2v) is 5.49. The molecule has 0 aliphatic carbocycles. The van der Waals surface area contributed by atoms with Gasteiger partial charge in [0.15, 0.2) is 12.4 Å². The average molecular weight is 362 g/mol. The van der Waals surface area contributed by atoms with E-state index in [2.05, 4.69) is 15.5 Å². The molecule has 2 aromatic carbocycles. The van der Waals surface area contributed by atoms with E-state index in [0.29, 0.717) is 10.8 Å². The van der Waals surface area contributed by atoms with Crippen molar-refractivity contribution in [3.63, 3.8) is 0 Å². The number of ether oxygens (including phenoxy) is 1. The number of benzene rings is 2. The highest BCUT2D eigenvalue weighted by Crippen LogP contribution is 2.18. The van der Waals surface area contributed by atoms with Crippen LogP contribution in [0.2, 0.25) is 5.02 Å². The molecule has 128 valence electrons. The van der Waals surface area contributed by atoms with Gasteiger partial charge in [0, 0.05) is 5.02 Å². The van der Waals surface area contributed by atoms with Gasteiger partial charge in [-0.3, -0.25) is 4.79 Å². The molecule has 0 saturated heterocycles. The van der Waals surface area contributed by atoms with Crippen LogP contribution in [0.4, 0.5) is 10.1 Å². The number of amides is 1. The zero-order valence-corrected chi connectivity index (χ0v) is 13.7. The maximum absolute atomic E-state index is 13.5. The predicted molar refractivity (Wildman–Crippen MR) is 88.8 cm³/mol. The molecule has 1 N–H and O–H groups in total. The van der Waals surface area contributed by atoms with Gasteiger partial charge in [-0.15, -0.1) is 0 Å². The molecule has 8 heteroatoms. The van der Waals surface area contributed by atoms with E-state index in [4.69, 9.17) is 20.9 Å². The minimum atomic E-state index is -0.514. The highest BCUT2D eigenvalue weighted by molar-refractivity contribution is 6.30. The van der Waals surface area contributed by atoms with Crippen molar-refractivity contribution >= 4 is 23.2 Å². The number of aromatic nitrogens is 2. The topological polar surface area (TPSA) is 77.2 Å². The van der Waals surface area contributed by atoms with E-state index in [1.54, 1.807) is 30.3 Å². The molecule has 0 atom stereocenters. The number of nitrogens with zero attached hydrogens (tertiary/aromatic N) is 2. The van der Waals surface area contributed by atoms with E-state index < -0.39 is 11.7 Å². The Morgan fingerprint density at radius 2 is 2.08 bits per heavy atom. The Bertz CT molecular complexity index is 885. The summed E-state index contributed by atoms with van der Waals surface area (Å²) in [6.45, 7) is 0.0439. The highest BCUT2D eigenvalue weighted by Gasteiger charge is 2.13. The van der Waals surface area contributed by atoms with Crippen LogP contribution < -0.4 is 10.1 Å². The fourth-order valence-electron chi connectivity index (χ4n) is 2.02. The van der Waals surface area contributed by atoms with Crippen molar-refractivity contribution in [3.8, 4) is 5.75 Å². The van der Waals surface area contributed by atoms with Crippen molar-refractivity contribution in [1.82, 2.24) is 10.1 Å². The minimum Gasteiger partial charge on any atom is -0.484 e. The first-order chi connectivity index (χ1) is 12.1. The summed E-state index contributed by atoms with van der Waals surface area (Å²) in [6, 6.07) is 12.8. The number of nitrogens with one attached hydrogen (secondary N) is 1. The molecular weight excluding hydrogens is 349 g/mol. The number of halogens is 2. The highest BCUT2D eigenvalue weighted by atomic mass is 35.5. The molecule has 3 aromatic rings. The van der Waals surface area contributed by atoms with Crippen molar-refractivity contribution in [2.75, 3.05) is 5.32 Å². The van der Waals surface area contributed by atoms with Crippen molar-refractivity contribution in [1.29, 1.82) is 0 Å². The Morgan fingerprint density at radius 1 is 1.24 bits per heavy atom. The average Bonchev–Trinajstić information content (AvgIpc) is 3.02. The van der Waals surface area contributed by atoms with Crippen LogP contribution in [-0.2, 0) is 17.8 Å². The van der Waals surface area contributed by atoms with Crippen LogP contribution in [-0.4, -0.2) is 16.0 Å². The third-order valence-corrected chi connectivity index (χ3v) is 3.37. The van der Waals surface area contributed by atoms with E-state index in [-0.39, 0.29) is 30.4 Å². The molecule has 25 heavy (non-hydrogen) atoms. The molecule has 3 rings (SSSR count). The summed E-state index contributed by atoms with van der Waals surface area (Å²) in [6.07, 6.45) is -0.144. The SMILES string of the molecule is O=C(Cc1noc(COc2cccc(Cl)c2)n1)Nc1ccccc1F. The Kier molecular flexibility index (Phi) is 5.25. The monoisotopic (exact) mass is 361 g/mol. The number of hydrogen-bond acceptors (Lipinski definition) is 5. The Labute approximate surface area is 147 Å². The van der Waals surface area contributed by atoms with E-state index in [1.165, 1.54) is 18.2 Å². The van der Waals surface area contributed by atoms with Gasteiger partial charge in [0.2, 0.25) is 5.91 Å². The summed E-state index contributed by atoms with van der Waals surface area (Å²) in [7, 11) is 0. The molecule has 0 aliphatic heterocycles. The summed E-state index contributed by atoms with van der Waals surface area (Å²) in [4.78, 5) is 16.0. The molecule has 0 radical (unpaired) electrons. The number of hydrogen-bond donors (Lipinski definition) is 1. The predicted octanol–water partition coefficient (Wildman–Crippen LogP) is 3.62. The second-order valence-electron chi connectivity index (χ2n) is 5.06. The molecule has 0 aliphatic rings. The van der Waals surface area contributed by atoms with Gasteiger partial charge >= 0.3 is 0 Å². The fourth-order valence-corrected chi connectivity index (χ4v) is 2.20. The van der Waals surface area contributed by atoms with Crippen LogP contribution in [0.1, 0.15) is 11.7 Å². The lowest BCUT2D eigenvalue weighted by Crippen LogP contribution is -2.16. The van der Waals surface area contributed by atoms with Gasteiger partial charge in [0.25, 0.3) is 5.89 Å². The van der Waals surface area contributed by atoms with Gasteiger partial charge < -0.3 is 14.6 Å². The van der Waals surface area contributed by atoms with Gasteiger partial charge in [-0.05, 0) is 30.3 Å². The normalized spacial score (nSPS) is 10.5. The van der Waals surface area contributed by atoms with Crippen LogP contribution in [0.25, 0.3) is 0 Å². The van der Waals surface area contributed by atoms with Crippen LogP contribution in [0.15, 0.2) is 53.1 Å². The van der Waals surface area contributed by atoms with Crippen LogP contribution in [0.3, 0.4) is 0 Å². The smallest absolute Gasteiger partial charge is 0.264 e. The van der Waals surface area contributed by atoms with E-state index in [0.717, 1.165) is 0 Å². The van der Waals surface area contributed by atoms with Gasteiger partial charge in [0.1, 0.15) is 11.6 Å². The number of para-hydroxylation sites is 1. The molecule has 1 heterocycles. The minimum absolute atomic E-state index is 0.0439. The molecule has 0 saturated carbocycles. The van der Waals surface area contributed by atoms with E-state index >= 15 is 0 Å². The van der Waals surface area contributed by atoms with Gasteiger partial charge in [0.05, 0.1) is 12.1 Å². The quantitative estimate of drug-likeness (QED) is 0.725. The summed E-state index contributed by atoms with van der Waals surface area (Å²) < 4.78 is 24.0. The zero-order chi connectivity index (χ0) is 17.6. The summed E-state index contributed by atoms with van der Waals surface area (Å²) in [5.74, 6) is -0.00970.